The predicted octanol–water partition coefficient (Wildman–Crippen LogP) is 1.42. The van der Waals surface area contributed by atoms with Crippen molar-refractivity contribution in [1.82, 2.24) is 0 Å². The maximum absolute atomic E-state index is 10.5. The molecule has 1 atom stereocenters. The summed E-state index contributed by atoms with van der Waals surface area (Å²) in [5.74, 6) is 0. The van der Waals surface area contributed by atoms with Gasteiger partial charge in [-0.15, -0.1) is 0 Å². The minimum Gasteiger partial charge on any atom is -1.00 e. The molecule has 1 aromatic carbocycles. The zero-order chi connectivity index (χ0) is 7.56. The van der Waals surface area contributed by atoms with E-state index in [2.05, 4.69) is 0 Å². The van der Waals surface area contributed by atoms with Crippen LogP contribution >= 0.6 is 0 Å². The van der Waals surface area contributed by atoms with Gasteiger partial charge in [0.1, 0.15) is 0 Å². The maximum atomic E-state index is 10.5. The van der Waals surface area contributed by atoms with Crippen LogP contribution in [0.4, 0.5) is 0 Å². The molecule has 1 aromatic rings. The first-order chi connectivity index (χ1) is 4.72. The van der Waals surface area contributed by atoms with Crippen LogP contribution in [0.15, 0.2) is 29.2 Å². The fourth-order valence-electron chi connectivity index (χ4n) is 0.752. The van der Waals surface area contributed by atoms with Gasteiger partial charge in [-0.3, -0.25) is 0 Å². The van der Waals surface area contributed by atoms with Crippen molar-refractivity contribution in [2.45, 2.75) is 11.8 Å². The fourth-order valence-corrected chi connectivity index (χ4v) is 1.29. The topological polar surface area (TPSA) is 37.3 Å². The molecule has 0 fully saturated rings. The van der Waals surface area contributed by atoms with Gasteiger partial charge in [-0.2, -0.15) is 0 Å². The molecule has 4 heteroatoms. The van der Waals surface area contributed by atoms with Crippen molar-refractivity contribution in [3.8, 4) is 0 Å². The molecule has 11 heavy (non-hydrogen) atoms. The van der Waals surface area contributed by atoms with E-state index in [1.165, 1.54) is 0 Å². The van der Waals surface area contributed by atoms with Gasteiger partial charge >= 0.3 is 37.7 Å². The first-order valence-corrected chi connectivity index (χ1v) is 3.99. The second-order valence-electron chi connectivity index (χ2n) is 2.01. The molecule has 2 nitrogen and oxygen atoms in total. The largest absolute Gasteiger partial charge is 2.00 e. The third-order valence-electron chi connectivity index (χ3n) is 1.28. The summed E-state index contributed by atoms with van der Waals surface area (Å²) in [7, 11) is 0. The molecule has 0 heterocycles. The van der Waals surface area contributed by atoms with Gasteiger partial charge in [0, 0.05) is 0 Å². The molecule has 0 aliphatic carbocycles. The number of benzene rings is 1. The van der Waals surface area contributed by atoms with E-state index in [-0.39, 0.29) is 40.6 Å². The average molecular weight is 198 g/mol. The van der Waals surface area contributed by atoms with E-state index in [0.29, 0.717) is 4.90 Å². The van der Waals surface area contributed by atoms with E-state index < -0.39 is 11.1 Å². The van der Waals surface area contributed by atoms with Crippen molar-refractivity contribution < 1.29 is 11.6 Å². The second-order valence-corrected chi connectivity index (χ2v) is 2.95. The Bertz CT molecular complexity index is 270. The normalized spacial score (nSPS) is 11.8. The standard InChI is InChI=1S/C7H8O2S.Ca.2H/c1-6-4-2-3-5-7(6)10(8)9;;;/h2-5H,1H3,(H,8,9);;;/q;+2;2*-1. The van der Waals surface area contributed by atoms with E-state index >= 15 is 0 Å². The Hall–Kier alpha value is 0.590. The fraction of sp³-hybridized carbons (Fsp3) is 0.143. The maximum Gasteiger partial charge on any atom is 2.00 e. The molecule has 0 aromatic heterocycles. The van der Waals surface area contributed by atoms with Gasteiger partial charge in [0.25, 0.3) is 0 Å². The molecule has 0 spiro atoms. The predicted molar refractivity (Wildman–Crippen MR) is 48.2 cm³/mol. The molecule has 0 saturated heterocycles. The van der Waals surface area contributed by atoms with E-state index in [4.69, 9.17) is 4.55 Å². The minimum absolute atomic E-state index is 0. The molecule has 1 rings (SSSR count). The Labute approximate surface area is 101 Å². The molecule has 0 bridgehead atoms. The van der Waals surface area contributed by atoms with Crippen LogP contribution in [0.5, 0.6) is 0 Å². The summed E-state index contributed by atoms with van der Waals surface area (Å²) < 4.78 is 19.2. The third-order valence-corrected chi connectivity index (χ3v) is 2.12. The van der Waals surface area contributed by atoms with Crippen LogP contribution in [-0.4, -0.2) is 46.5 Å². The minimum atomic E-state index is -1.84. The first kappa shape index (κ1) is 11.6. The second kappa shape index (κ2) is 5.27. The first-order valence-electron chi connectivity index (χ1n) is 2.88. The summed E-state index contributed by atoms with van der Waals surface area (Å²) in [5.41, 5.74) is 0.850. The molecular weight excluding hydrogens is 188 g/mol. The summed E-state index contributed by atoms with van der Waals surface area (Å²) in [5, 5.41) is 0. The van der Waals surface area contributed by atoms with Gasteiger partial charge in [0.05, 0.1) is 4.90 Å². The summed E-state index contributed by atoms with van der Waals surface area (Å²) >= 11 is -1.84. The molecule has 0 saturated carbocycles. The van der Waals surface area contributed by atoms with Crippen LogP contribution in [0.3, 0.4) is 0 Å². The van der Waals surface area contributed by atoms with E-state index in [1.54, 1.807) is 12.1 Å². The third kappa shape index (κ3) is 3.21. The summed E-state index contributed by atoms with van der Waals surface area (Å²) in [6.07, 6.45) is 0. The zero-order valence-electron chi connectivity index (χ0n) is 8.28. The van der Waals surface area contributed by atoms with Crippen LogP contribution in [0, 0.1) is 6.92 Å². The molecule has 1 N–H and O–H groups in total. The number of rotatable bonds is 1. The van der Waals surface area contributed by atoms with E-state index in [9.17, 15) is 4.21 Å². The van der Waals surface area contributed by atoms with Crippen LogP contribution in [-0.2, 0) is 11.1 Å². The van der Waals surface area contributed by atoms with Crippen LogP contribution < -0.4 is 0 Å². The zero-order valence-corrected chi connectivity index (χ0v) is 9.31. The number of hydrogen-bond donors (Lipinski definition) is 1. The van der Waals surface area contributed by atoms with E-state index in [0.717, 1.165) is 5.56 Å². The average Bonchev–Trinajstić information content (AvgIpc) is 1.88. The number of aryl methyl sites for hydroxylation is 1. The molecule has 1 unspecified atom stereocenters. The molecule has 0 radical (unpaired) electrons. The SMILES string of the molecule is Cc1ccccc1S(=O)O.[Ca+2].[H-].[H-]. The van der Waals surface area contributed by atoms with Crippen LogP contribution in [0.2, 0.25) is 0 Å². The monoisotopic (exact) mass is 198 g/mol. The van der Waals surface area contributed by atoms with Crippen molar-refractivity contribution in [3.63, 3.8) is 0 Å². The van der Waals surface area contributed by atoms with Crippen LogP contribution in [0.1, 0.15) is 8.42 Å². The summed E-state index contributed by atoms with van der Waals surface area (Å²) in [6.45, 7) is 1.81. The Kier molecular flexibility index (Phi) is 5.56. The smallest absolute Gasteiger partial charge is 1.00 e. The van der Waals surface area contributed by atoms with Gasteiger partial charge < -0.3 is 7.41 Å². The van der Waals surface area contributed by atoms with Gasteiger partial charge in [-0.25, -0.2) is 4.21 Å². The Morgan fingerprint density at radius 3 is 2.36 bits per heavy atom. The molecule has 58 valence electrons. The number of hydrogen-bond acceptors (Lipinski definition) is 1. The van der Waals surface area contributed by atoms with Crippen molar-refractivity contribution in [1.29, 1.82) is 0 Å². The van der Waals surface area contributed by atoms with Gasteiger partial charge in [0.15, 0.2) is 11.1 Å². The molecule has 0 aliphatic heterocycles. The van der Waals surface area contributed by atoms with E-state index in [1.807, 2.05) is 19.1 Å². The molecular formula is C7H10CaO2S. The quantitative estimate of drug-likeness (QED) is 0.547. The van der Waals surface area contributed by atoms with Crippen molar-refractivity contribution in [3.05, 3.63) is 29.8 Å². The molecule has 0 amide bonds. The Morgan fingerprint density at radius 2 is 2.00 bits per heavy atom. The van der Waals surface area contributed by atoms with Gasteiger partial charge in [0.2, 0.25) is 0 Å². The Balaban J connectivity index is -0.000000333. The van der Waals surface area contributed by atoms with Crippen LogP contribution in [0.25, 0.3) is 0 Å². The van der Waals surface area contributed by atoms with Crippen molar-refractivity contribution >= 4 is 48.8 Å². The van der Waals surface area contributed by atoms with Gasteiger partial charge in [-0.1, -0.05) is 18.2 Å². The van der Waals surface area contributed by atoms with Gasteiger partial charge in [-0.05, 0) is 18.6 Å². The Morgan fingerprint density at radius 1 is 1.45 bits per heavy atom. The summed E-state index contributed by atoms with van der Waals surface area (Å²) in [4.78, 5) is 0.488. The molecule has 0 aliphatic rings. The van der Waals surface area contributed by atoms with Crippen molar-refractivity contribution in [2.75, 3.05) is 0 Å². The summed E-state index contributed by atoms with van der Waals surface area (Å²) in [6, 6.07) is 7.04. The van der Waals surface area contributed by atoms with Crippen molar-refractivity contribution in [2.24, 2.45) is 0 Å².